The van der Waals surface area contributed by atoms with Gasteiger partial charge in [0.25, 0.3) is 13.9 Å². The molecule has 56 heavy (non-hydrogen) atoms. The summed E-state index contributed by atoms with van der Waals surface area (Å²) in [7, 11) is -1.45. The molecule has 1 fully saturated rings. The average Bonchev–Trinajstić information content (AvgIpc) is 3.92. The largest absolute Gasteiger partial charge is 0.496 e. The van der Waals surface area contributed by atoms with Crippen LogP contribution in [0.15, 0.2) is 101 Å². The van der Waals surface area contributed by atoms with Gasteiger partial charge < -0.3 is 19.2 Å². The van der Waals surface area contributed by atoms with Crippen LogP contribution in [0, 0.1) is 12.7 Å². The Morgan fingerprint density at radius 3 is 2.18 bits per heavy atom. The molecule has 0 spiro atoms. The number of hydrogen-bond acceptors (Lipinski definition) is 9. The maximum Gasteiger partial charge on any atom is 0.333 e. The van der Waals surface area contributed by atoms with Gasteiger partial charge in [0.05, 0.1) is 44.6 Å². The van der Waals surface area contributed by atoms with Crippen LogP contribution >= 0.6 is 11.3 Å². The Kier molecular flexibility index (Phi) is 10.7. The molecule has 12 nitrogen and oxygen atoms in total. The number of carbonyl (C=O) groups is 1. The third-order valence-electron chi connectivity index (χ3n) is 10.7. The number of rotatable bonds is 13. The van der Waals surface area contributed by atoms with Gasteiger partial charge >= 0.3 is 5.69 Å². The lowest BCUT2D eigenvalue weighted by molar-refractivity contribution is -0.126. The van der Waals surface area contributed by atoms with Crippen molar-refractivity contribution in [1.82, 2.24) is 29.4 Å². The van der Waals surface area contributed by atoms with Crippen molar-refractivity contribution in [2.75, 3.05) is 26.9 Å². The van der Waals surface area contributed by atoms with E-state index in [2.05, 4.69) is 60.6 Å². The van der Waals surface area contributed by atoms with Gasteiger partial charge in [-0.2, -0.15) is 10.2 Å². The second kappa shape index (κ2) is 15.4. The van der Waals surface area contributed by atoms with E-state index >= 15 is 4.39 Å². The van der Waals surface area contributed by atoms with Gasteiger partial charge in [-0.25, -0.2) is 13.8 Å². The van der Waals surface area contributed by atoms with Crippen LogP contribution in [-0.2, 0) is 26.0 Å². The summed E-state index contributed by atoms with van der Waals surface area (Å²) < 4.78 is 37.0. The minimum Gasteiger partial charge on any atom is -0.496 e. The summed E-state index contributed by atoms with van der Waals surface area (Å²) in [6.07, 6.45) is 2.32. The number of carbonyl (C=O) groups excluding carboxylic acids is 1. The van der Waals surface area contributed by atoms with Crippen molar-refractivity contribution in [3.05, 3.63) is 129 Å². The molecule has 15 heteroatoms. The summed E-state index contributed by atoms with van der Waals surface area (Å²) in [4.78, 5) is 44.2. The topological polar surface area (TPSA) is 132 Å². The van der Waals surface area contributed by atoms with E-state index in [0.29, 0.717) is 33.3 Å². The van der Waals surface area contributed by atoms with Gasteiger partial charge in [0, 0.05) is 17.7 Å². The molecule has 3 aromatic heterocycles. The van der Waals surface area contributed by atoms with Gasteiger partial charge in [-0.05, 0) is 53.9 Å². The number of hydrogen-bond donors (Lipinski definition) is 1. The number of nitrogens with one attached hydrogen (secondary N) is 1. The summed E-state index contributed by atoms with van der Waals surface area (Å²) >= 11 is 1.17. The molecule has 6 aromatic rings. The Bertz CT molecular complexity index is 2440. The van der Waals surface area contributed by atoms with Gasteiger partial charge in [0.1, 0.15) is 33.0 Å². The summed E-state index contributed by atoms with van der Waals surface area (Å²) in [6, 6.07) is 24.6. The number of thiophene rings is 1. The molecule has 7 rings (SSSR count). The first-order chi connectivity index (χ1) is 26.8. The predicted molar refractivity (Wildman–Crippen MR) is 216 cm³/mol. The molecule has 3 aromatic carbocycles. The molecule has 1 aliphatic heterocycles. The molecule has 0 aliphatic carbocycles. The molecule has 1 N–H and O–H groups in total. The van der Waals surface area contributed by atoms with E-state index < -0.39 is 42.9 Å². The summed E-state index contributed by atoms with van der Waals surface area (Å²) in [6.45, 7) is 10.3. The fourth-order valence-electron chi connectivity index (χ4n) is 7.89. The maximum absolute atomic E-state index is 15.1. The highest BCUT2D eigenvalue weighted by atomic mass is 32.1. The van der Waals surface area contributed by atoms with E-state index in [-0.39, 0.29) is 36.6 Å². The number of benzene rings is 3. The lowest BCUT2D eigenvalue weighted by Crippen LogP contribution is -2.66. The Morgan fingerprint density at radius 1 is 0.964 bits per heavy atom. The highest BCUT2D eigenvalue weighted by molar-refractivity contribution is 7.21. The van der Waals surface area contributed by atoms with Crippen LogP contribution in [0.3, 0.4) is 0 Å². The monoisotopic (exact) mass is 796 g/mol. The normalized spacial score (nSPS) is 16.7. The van der Waals surface area contributed by atoms with Crippen molar-refractivity contribution in [2.24, 2.45) is 0 Å². The fraction of sp³-hybridized carbons (Fsp3) is 0.341. The maximum atomic E-state index is 15.1. The minimum atomic E-state index is -2.93. The zero-order valence-corrected chi connectivity index (χ0v) is 34.1. The zero-order chi connectivity index (χ0) is 39.8. The Balaban J connectivity index is 1.33. The van der Waals surface area contributed by atoms with Gasteiger partial charge in [-0.1, -0.05) is 92.8 Å². The van der Waals surface area contributed by atoms with E-state index in [1.165, 1.54) is 58.4 Å². The van der Waals surface area contributed by atoms with Crippen molar-refractivity contribution < 1.29 is 23.1 Å². The summed E-state index contributed by atoms with van der Waals surface area (Å²) in [5.74, 6) is -0.591. The van der Waals surface area contributed by atoms with Gasteiger partial charge in [-0.15, -0.1) is 4.80 Å². The number of aromatic nitrogens is 5. The zero-order valence-electron chi connectivity index (χ0n) is 32.2. The molecule has 2 atom stereocenters. The minimum absolute atomic E-state index is 0.0679. The van der Waals surface area contributed by atoms with E-state index in [1.54, 1.807) is 13.8 Å². The van der Waals surface area contributed by atoms with Crippen LogP contribution in [-0.4, -0.2) is 65.2 Å². The first-order valence-corrected chi connectivity index (χ1v) is 21.2. The lowest BCUT2D eigenvalue weighted by atomic mass is 10.00. The number of nitrogens with zero attached hydrogens (tertiary/aromatic N) is 5. The van der Waals surface area contributed by atoms with Crippen LogP contribution in [0.1, 0.15) is 51.3 Å². The van der Waals surface area contributed by atoms with Crippen molar-refractivity contribution in [3.63, 3.8) is 0 Å². The third-order valence-corrected chi connectivity index (χ3v) is 17.0. The molecule has 0 saturated carbocycles. The third kappa shape index (κ3) is 6.71. The lowest BCUT2D eigenvalue weighted by Gasteiger charge is -2.43. The molecule has 1 amide bonds. The Hall–Kier alpha value is -5.22. The van der Waals surface area contributed by atoms with E-state index in [4.69, 9.17) is 13.9 Å². The molecule has 1 aliphatic rings. The molecular formula is C41H45FN6O6SSi. The van der Waals surface area contributed by atoms with Gasteiger partial charge in [0.2, 0.25) is 5.91 Å². The molecule has 4 heterocycles. The molecule has 0 bridgehead atoms. The standard InChI is InChI=1S/C41H45FN6O6SSi/c1-27-34-35(49)47(41(5)19-20-43-38(41)50)39(51)46(37(34)55-36(27)48-44-21-22-45-48)26-33(31-25-28(42)17-18-32(31)52-6)53-23-24-54-56(40(2,3)4,29-13-9-7-10-14-29)30-15-11-8-12-16-30/h7-18,21-22,25,33H,19-20,23-24,26H2,1-6H3,(H,43,50)/t33-,41+/m0/s1. The molecular weight excluding hydrogens is 752 g/mol. The van der Waals surface area contributed by atoms with Gasteiger partial charge in [0.15, 0.2) is 0 Å². The molecule has 0 radical (unpaired) electrons. The summed E-state index contributed by atoms with van der Waals surface area (Å²) in [5, 5.41) is 14.1. The van der Waals surface area contributed by atoms with Crippen LogP contribution in [0.25, 0.3) is 15.2 Å². The van der Waals surface area contributed by atoms with Crippen LogP contribution < -0.4 is 31.7 Å². The van der Waals surface area contributed by atoms with Crippen LogP contribution in [0.2, 0.25) is 5.04 Å². The first kappa shape index (κ1) is 39.0. The number of methoxy groups -OCH3 is 1. The average molecular weight is 797 g/mol. The van der Waals surface area contributed by atoms with Gasteiger partial charge in [-0.3, -0.25) is 14.2 Å². The number of amides is 1. The fourth-order valence-corrected chi connectivity index (χ4v) is 13.7. The highest BCUT2D eigenvalue weighted by Gasteiger charge is 2.50. The number of halogens is 1. The van der Waals surface area contributed by atoms with Crippen molar-refractivity contribution in [2.45, 2.75) is 64.3 Å². The quantitative estimate of drug-likeness (QED) is 0.130. The molecule has 0 unspecified atom stereocenters. The van der Waals surface area contributed by atoms with Crippen molar-refractivity contribution >= 4 is 46.2 Å². The van der Waals surface area contributed by atoms with E-state index in [0.717, 1.165) is 14.9 Å². The Morgan fingerprint density at radius 2 is 1.61 bits per heavy atom. The molecule has 292 valence electrons. The molecule has 1 saturated heterocycles. The smallest absolute Gasteiger partial charge is 0.333 e. The number of fused-ring (bicyclic) bond motifs is 1. The second-order valence-electron chi connectivity index (χ2n) is 15.1. The summed E-state index contributed by atoms with van der Waals surface area (Å²) in [5.41, 5.74) is -1.82. The first-order valence-electron chi connectivity index (χ1n) is 18.5. The SMILES string of the molecule is COc1ccc(F)cc1[C@H](Cn1c(=O)n([C@]2(C)CCNC2=O)c(=O)c2c(C)c(-n3nccn3)sc21)OCCO[Si](c1ccccc1)(c1ccccc1)C(C)(C)C. The van der Waals surface area contributed by atoms with E-state index in [9.17, 15) is 14.4 Å². The van der Waals surface area contributed by atoms with Crippen LogP contribution in [0.4, 0.5) is 4.39 Å². The second-order valence-corrected chi connectivity index (χ2v) is 20.4. The number of aryl methyl sites for hydroxylation is 1. The Labute approximate surface area is 328 Å². The highest BCUT2D eigenvalue weighted by Crippen LogP contribution is 2.38. The van der Waals surface area contributed by atoms with Crippen molar-refractivity contribution in [3.8, 4) is 10.8 Å². The predicted octanol–water partition coefficient (Wildman–Crippen LogP) is 4.83. The van der Waals surface area contributed by atoms with Crippen LogP contribution in [0.5, 0.6) is 5.75 Å². The number of ether oxygens (including phenoxy) is 2. The van der Waals surface area contributed by atoms with Crippen molar-refractivity contribution in [1.29, 1.82) is 0 Å². The van der Waals surface area contributed by atoms with E-state index in [1.807, 2.05) is 36.4 Å².